The average molecular weight is 375 g/mol. The summed E-state index contributed by atoms with van der Waals surface area (Å²) in [7, 11) is 0. The second-order valence-corrected chi connectivity index (χ2v) is 7.42. The third kappa shape index (κ3) is 3.53. The molecule has 0 bridgehead atoms. The highest BCUT2D eigenvalue weighted by atomic mass is 16.3. The van der Waals surface area contributed by atoms with Gasteiger partial charge < -0.3 is 15.5 Å². The van der Waals surface area contributed by atoms with Gasteiger partial charge in [0.15, 0.2) is 0 Å². The number of benzene rings is 4. The van der Waals surface area contributed by atoms with E-state index in [4.69, 9.17) is 10.2 Å². The highest BCUT2D eigenvalue weighted by Gasteiger charge is 2.12. The number of aliphatic hydroxyl groups excluding tert-OH is 2. The Bertz CT molecular complexity index is 1090. The summed E-state index contributed by atoms with van der Waals surface area (Å²) in [4.78, 5) is 11.9. The summed E-state index contributed by atoms with van der Waals surface area (Å²) in [5.74, 6) is -0.122. The van der Waals surface area contributed by atoms with E-state index in [9.17, 15) is 4.79 Å². The Labute approximate surface area is 164 Å². The van der Waals surface area contributed by atoms with Crippen molar-refractivity contribution in [3.63, 3.8) is 0 Å². The molecule has 4 aromatic rings. The van der Waals surface area contributed by atoms with Crippen molar-refractivity contribution in [3.8, 4) is 0 Å². The summed E-state index contributed by atoms with van der Waals surface area (Å²) < 4.78 is 0. The molecule has 0 radical (unpaired) electrons. The molecular weight excluding hydrogens is 350 g/mol. The molecule has 0 fully saturated rings. The third-order valence-corrected chi connectivity index (χ3v) is 5.52. The van der Waals surface area contributed by atoms with E-state index in [0.29, 0.717) is 6.42 Å². The van der Waals surface area contributed by atoms with Crippen LogP contribution >= 0.6 is 0 Å². The predicted octanol–water partition coefficient (Wildman–Crippen LogP) is 3.77. The molecule has 0 heterocycles. The normalized spacial score (nSPS) is 11.8. The Kier molecular flexibility index (Phi) is 5.42. The van der Waals surface area contributed by atoms with Gasteiger partial charge in [-0.25, -0.2) is 0 Å². The Hall–Kier alpha value is -2.69. The first-order chi connectivity index (χ1) is 13.7. The number of hydrogen-bond donors (Lipinski definition) is 3. The molecule has 4 aromatic carbocycles. The van der Waals surface area contributed by atoms with Crippen molar-refractivity contribution in [3.05, 3.63) is 60.2 Å². The maximum Gasteiger partial charge on any atom is 0.220 e. The summed E-state index contributed by atoms with van der Waals surface area (Å²) in [6.45, 7) is -0.490. The molecular formula is C24H25NO3. The molecule has 28 heavy (non-hydrogen) atoms. The second kappa shape index (κ2) is 8.13. The lowest BCUT2D eigenvalue weighted by atomic mass is 9.90. The lowest BCUT2D eigenvalue weighted by Crippen LogP contribution is -2.39. The van der Waals surface area contributed by atoms with Crippen molar-refractivity contribution in [2.75, 3.05) is 13.2 Å². The van der Waals surface area contributed by atoms with Gasteiger partial charge in [-0.3, -0.25) is 4.79 Å². The zero-order valence-electron chi connectivity index (χ0n) is 15.8. The average Bonchev–Trinajstić information content (AvgIpc) is 2.74. The molecule has 1 amide bonds. The number of hydrogen-bond acceptors (Lipinski definition) is 3. The van der Waals surface area contributed by atoms with Crippen molar-refractivity contribution in [2.45, 2.75) is 31.7 Å². The van der Waals surface area contributed by atoms with Crippen LogP contribution in [0.5, 0.6) is 0 Å². The molecule has 4 nitrogen and oxygen atoms in total. The molecule has 4 rings (SSSR count). The summed E-state index contributed by atoms with van der Waals surface area (Å²) in [5, 5.41) is 28.5. The topological polar surface area (TPSA) is 69.6 Å². The van der Waals surface area contributed by atoms with Crippen LogP contribution in [0.25, 0.3) is 32.3 Å². The highest BCUT2D eigenvalue weighted by Crippen LogP contribution is 2.36. The van der Waals surface area contributed by atoms with Gasteiger partial charge in [0, 0.05) is 6.42 Å². The van der Waals surface area contributed by atoms with Crippen molar-refractivity contribution >= 4 is 38.2 Å². The molecule has 0 aromatic heterocycles. The molecule has 0 saturated heterocycles. The molecule has 3 N–H and O–H groups in total. The van der Waals surface area contributed by atoms with E-state index < -0.39 is 6.04 Å². The molecule has 0 atom stereocenters. The summed E-state index contributed by atoms with van der Waals surface area (Å²) in [5.41, 5.74) is 1.31. The minimum Gasteiger partial charge on any atom is -0.394 e. The van der Waals surface area contributed by atoms with Gasteiger partial charge in [-0.05, 0) is 57.1 Å². The summed E-state index contributed by atoms with van der Waals surface area (Å²) in [6.07, 6.45) is 3.02. The van der Waals surface area contributed by atoms with Crippen LogP contribution in [0.4, 0.5) is 0 Å². The molecule has 0 spiro atoms. The van der Waals surface area contributed by atoms with Crippen molar-refractivity contribution in [1.29, 1.82) is 0 Å². The fraction of sp³-hybridized carbons (Fsp3) is 0.292. The Morgan fingerprint density at radius 3 is 2.18 bits per heavy atom. The fourth-order valence-electron chi connectivity index (χ4n) is 4.06. The molecule has 144 valence electrons. The number of aliphatic hydroxyl groups is 2. The van der Waals surface area contributed by atoms with Gasteiger partial charge in [0.2, 0.25) is 5.91 Å². The maximum absolute atomic E-state index is 11.9. The van der Waals surface area contributed by atoms with E-state index >= 15 is 0 Å². The lowest BCUT2D eigenvalue weighted by molar-refractivity contribution is -0.122. The van der Waals surface area contributed by atoms with Crippen LogP contribution in [0.15, 0.2) is 54.6 Å². The molecule has 0 aliphatic carbocycles. The van der Waals surface area contributed by atoms with E-state index in [1.807, 2.05) is 0 Å². The van der Waals surface area contributed by atoms with Crippen LogP contribution in [-0.4, -0.2) is 35.4 Å². The monoisotopic (exact) mass is 375 g/mol. The van der Waals surface area contributed by atoms with Crippen LogP contribution in [0.2, 0.25) is 0 Å². The Balaban J connectivity index is 1.50. The van der Waals surface area contributed by atoms with Crippen molar-refractivity contribution in [1.82, 2.24) is 5.32 Å². The quantitative estimate of drug-likeness (QED) is 0.324. The highest BCUT2D eigenvalue weighted by molar-refractivity contribution is 6.23. The predicted molar refractivity (Wildman–Crippen MR) is 114 cm³/mol. The number of aryl methyl sites for hydroxylation is 1. The van der Waals surface area contributed by atoms with Crippen LogP contribution in [0.3, 0.4) is 0 Å². The van der Waals surface area contributed by atoms with Crippen LogP contribution < -0.4 is 5.32 Å². The summed E-state index contributed by atoms with van der Waals surface area (Å²) >= 11 is 0. The van der Waals surface area contributed by atoms with Gasteiger partial charge in [0.25, 0.3) is 0 Å². The number of carbonyl (C=O) groups excluding carboxylic acids is 1. The van der Waals surface area contributed by atoms with Crippen LogP contribution in [0.1, 0.15) is 24.8 Å². The van der Waals surface area contributed by atoms with Gasteiger partial charge in [-0.15, -0.1) is 0 Å². The molecule has 0 saturated carbocycles. The summed E-state index contributed by atoms with van der Waals surface area (Å²) in [6, 6.07) is 19.1. The van der Waals surface area contributed by atoms with Gasteiger partial charge in [0.1, 0.15) is 0 Å². The van der Waals surface area contributed by atoms with E-state index in [2.05, 4.69) is 59.9 Å². The Morgan fingerprint density at radius 2 is 1.46 bits per heavy atom. The number of rotatable bonds is 8. The van der Waals surface area contributed by atoms with Gasteiger partial charge in [0.05, 0.1) is 19.3 Å². The van der Waals surface area contributed by atoms with Gasteiger partial charge >= 0.3 is 0 Å². The first-order valence-electron chi connectivity index (χ1n) is 9.87. The number of nitrogens with one attached hydrogen (secondary N) is 1. The van der Waals surface area contributed by atoms with Gasteiger partial charge in [-0.2, -0.15) is 0 Å². The van der Waals surface area contributed by atoms with Gasteiger partial charge in [-0.1, -0.05) is 54.6 Å². The third-order valence-electron chi connectivity index (χ3n) is 5.52. The zero-order valence-corrected chi connectivity index (χ0v) is 15.8. The standard InChI is InChI=1S/C24H25NO3/c26-14-20(15-27)25-22(28)7-2-1-4-16-8-9-19-11-10-17-5-3-6-18-12-13-21(16)24(19)23(17)18/h3,5-6,8-13,20,26-27H,1-2,4,7,14-15H2,(H,25,28). The second-order valence-electron chi connectivity index (χ2n) is 7.42. The molecule has 0 aliphatic heterocycles. The lowest BCUT2D eigenvalue weighted by Gasteiger charge is -2.14. The first kappa shape index (κ1) is 18.7. The zero-order chi connectivity index (χ0) is 19.5. The minimum absolute atomic E-state index is 0.122. The fourth-order valence-corrected chi connectivity index (χ4v) is 4.06. The van der Waals surface area contributed by atoms with E-state index in [-0.39, 0.29) is 19.1 Å². The SMILES string of the molecule is O=C(CCCCc1ccc2ccc3cccc4ccc1c2c34)NC(CO)CO. The number of unbranched alkanes of at least 4 members (excludes halogenated alkanes) is 1. The maximum atomic E-state index is 11.9. The molecule has 0 unspecified atom stereocenters. The van der Waals surface area contributed by atoms with E-state index in [1.54, 1.807) is 0 Å². The molecule has 4 heteroatoms. The Morgan fingerprint density at radius 1 is 0.821 bits per heavy atom. The van der Waals surface area contributed by atoms with Crippen LogP contribution in [0, 0.1) is 0 Å². The van der Waals surface area contributed by atoms with E-state index in [0.717, 1.165) is 19.3 Å². The smallest absolute Gasteiger partial charge is 0.220 e. The largest absolute Gasteiger partial charge is 0.394 e. The van der Waals surface area contributed by atoms with Crippen molar-refractivity contribution in [2.24, 2.45) is 0 Å². The minimum atomic E-state index is -0.565. The van der Waals surface area contributed by atoms with Crippen molar-refractivity contribution < 1.29 is 15.0 Å². The van der Waals surface area contributed by atoms with Crippen LogP contribution in [-0.2, 0) is 11.2 Å². The van der Waals surface area contributed by atoms with E-state index in [1.165, 1.54) is 37.9 Å². The number of carbonyl (C=O) groups is 1. The molecule has 0 aliphatic rings. The number of amides is 1. The first-order valence-corrected chi connectivity index (χ1v) is 9.87.